The Hall–Kier alpha value is -1.97. The van der Waals surface area contributed by atoms with E-state index in [1.54, 1.807) is 6.08 Å². The van der Waals surface area contributed by atoms with E-state index in [0.717, 1.165) is 31.6 Å². The van der Waals surface area contributed by atoms with Gasteiger partial charge in [-0.05, 0) is 73.3 Å². The highest BCUT2D eigenvalue weighted by Gasteiger charge is 2.37. The van der Waals surface area contributed by atoms with Crippen molar-refractivity contribution < 1.29 is 17.9 Å². The molecule has 0 N–H and O–H groups in total. The summed E-state index contributed by atoms with van der Waals surface area (Å²) in [6, 6.07) is 3.93. The number of fused-ring (bicyclic) bond motifs is 2. The van der Waals surface area contributed by atoms with Gasteiger partial charge in [0, 0.05) is 11.6 Å². The number of hydrogen-bond donors (Lipinski definition) is 0. The fourth-order valence-corrected chi connectivity index (χ4v) is 6.02. The molecule has 2 aliphatic rings. The standard InChI is InChI=1S/C27H33F3O/c1-3-5-6-17-7-8-19-13-20(10-9-18(19)12-17)25-23(28)15-21-14-22(31-11-4-2)16-24(29)26(21)27(25)30/h4,14-20H,2-3,5-13H2,1H3. The maximum Gasteiger partial charge on any atom is 0.140 e. The van der Waals surface area contributed by atoms with Gasteiger partial charge in [0.15, 0.2) is 0 Å². The molecule has 0 saturated heterocycles. The molecule has 168 valence electrons. The van der Waals surface area contributed by atoms with Crippen molar-refractivity contribution in [3.63, 3.8) is 0 Å². The fraction of sp³-hybridized carbons (Fsp3) is 0.556. The average Bonchev–Trinajstić information content (AvgIpc) is 2.75. The Bertz CT molecular complexity index is 938. The van der Waals surface area contributed by atoms with E-state index in [-0.39, 0.29) is 34.6 Å². The van der Waals surface area contributed by atoms with Crippen molar-refractivity contribution in [2.24, 2.45) is 17.8 Å². The summed E-state index contributed by atoms with van der Waals surface area (Å²) in [6.07, 6.45) is 11.7. The Morgan fingerprint density at radius 1 is 1.00 bits per heavy atom. The predicted octanol–water partition coefficient (Wildman–Crippen LogP) is 8.31. The van der Waals surface area contributed by atoms with Crippen LogP contribution in [0.2, 0.25) is 0 Å². The molecule has 4 atom stereocenters. The van der Waals surface area contributed by atoms with Gasteiger partial charge in [0.1, 0.15) is 29.8 Å². The van der Waals surface area contributed by atoms with Gasteiger partial charge in [-0.1, -0.05) is 45.3 Å². The molecule has 0 amide bonds. The van der Waals surface area contributed by atoms with Crippen LogP contribution in [0.25, 0.3) is 10.8 Å². The Labute approximate surface area is 183 Å². The van der Waals surface area contributed by atoms with Gasteiger partial charge in [0.25, 0.3) is 0 Å². The summed E-state index contributed by atoms with van der Waals surface area (Å²) in [4.78, 5) is 0. The summed E-state index contributed by atoms with van der Waals surface area (Å²) in [5.41, 5.74) is 0.0812. The molecular formula is C27H33F3O. The average molecular weight is 431 g/mol. The van der Waals surface area contributed by atoms with Crippen LogP contribution in [0.4, 0.5) is 13.2 Å². The smallest absolute Gasteiger partial charge is 0.140 e. The summed E-state index contributed by atoms with van der Waals surface area (Å²) in [5, 5.41) is 0.0654. The third-order valence-corrected chi connectivity index (χ3v) is 7.55. The van der Waals surface area contributed by atoms with Crippen molar-refractivity contribution in [2.45, 2.75) is 70.6 Å². The lowest BCUT2D eigenvalue weighted by Crippen LogP contribution is -2.31. The summed E-state index contributed by atoms with van der Waals surface area (Å²) < 4.78 is 50.7. The van der Waals surface area contributed by atoms with E-state index in [1.807, 2.05) is 0 Å². The molecule has 0 bridgehead atoms. The van der Waals surface area contributed by atoms with E-state index >= 15 is 8.78 Å². The van der Waals surface area contributed by atoms with Crippen LogP contribution in [0, 0.1) is 35.2 Å². The van der Waals surface area contributed by atoms with Gasteiger partial charge in [-0.2, -0.15) is 0 Å². The van der Waals surface area contributed by atoms with E-state index in [4.69, 9.17) is 4.74 Å². The molecule has 2 aromatic carbocycles. The van der Waals surface area contributed by atoms with Crippen molar-refractivity contribution in [2.75, 3.05) is 6.61 Å². The molecule has 0 spiro atoms. The van der Waals surface area contributed by atoms with Crippen LogP contribution in [0.3, 0.4) is 0 Å². The molecule has 0 radical (unpaired) electrons. The monoisotopic (exact) mass is 430 g/mol. The summed E-state index contributed by atoms with van der Waals surface area (Å²) in [5.74, 6) is 0.100. The van der Waals surface area contributed by atoms with E-state index < -0.39 is 17.5 Å². The molecule has 31 heavy (non-hydrogen) atoms. The molecule has 2 saturated carbocycles. The summed E-state index contributed by atoms with van der Waals surface area (Å²) >= 11 is 0. The first kappa shape index (κ1) is 22.2. The normalized spacial score (nSPS) is 25.9. The molecule has 0 heterocycles. The molecule has 1 nitrogen and oxygen atoms in total. The topological polar surface area (TPSA) is 9.23 Å². The first-order valence-electron chi connectivity index (χ1n) is 11.9. The van der Waals surface area contributed by atoms with Gasteiger partial charge in [0.05, 0.1) is 5.39 Å². The molecular weight excluding hydrogens is 397 g/mol. The van der Waals surface area contributed by atoms with Gasteiger partial charge in [0.2, 0.25) is 0 Å². The number of benzene rings is 2. The van der Waals surface area contributed by atoms with Gasteiger partial charge >= 0.3 is 0 Å². The zero-order valence-electron chi connectivity index (χ0n) is 18.4. The van der Waals surface area contributed by atoms with Gasteiger partial charge in [-0.15, -0.1) is 0 Å². The van der Waals surface area contributed by atoms with Crippen molar-refractivity contribution >= 4 is 10.8 Å². The SMILES string of the molecule is C=CCOc1cc(F)c2c(F)c(C3CCC4CC(CCCC)CCC4C3)c(F)cc2c1. The molecule has 0 aromatic heterocycles. The van der Waals surface area contributed by atoms with E-state index in [1.165, 1.54) is 50.3 Å². The third kappa shape index (κ3) is 4.63. The van der Waals surface area contributed by atoms with Gasteiger partial charge in [-0.25, -0.2) is 13.2 Å². The Morgan fingerprint density at radius 2 is 1.77 bits per heavy atom. The lowest BCUT2D eigenvalue weighted by molar-refractivity contribution is 0.112. The van der Waals surface area contributed by atoms with Crippen LogP contribution in [-0.2, 0) is 0 Å². The van der Waals surface area contributed by atoms with E-state index in [9.17, 15) is 4.39 Å². The number of halogens is 3. The van der Waals surface area contributed by atoms with Crippen LogP contribution in [0.1, 0.15) is 76.2 Å². The molecule has 4 unspecified atom stereocenters. The lowest BCUT2D eigenvalue weighted by atomic mass is 9.63. The minimum absolute atomic E-state index is 0.0812. The zero-order valence-corrected chi connectivity index (χ0v) is 18.4. The van der Waals surface area contributed by atoms with Crippen molar-refractivity contribution in [3.8, 4) is 5.75 Å². The number of hydrogen-bond acceptors (Lipinski definition) is 1. The number of unbranched alkanes of at least 4 members (excludes halogenated alkanes) is 1. The van der Waals surface area contributed by atoms with Crippen LogP contribution in [0.15, 0.2) is 30.9 Å². The molecule has 2 fully saturated rings. The summed E-state index contributed by atoms with van der Waals surface area (Å²) in [6.45, 7) is 6.00. The second-order valence-corrected chi connectivity index (χ2v) is 9.54. The Balaban J connectivity index is 1.56. The maximum atomic E-state index is 15.4. The number of rotatable bonds is 7. The molecule has 2 aromatic rings. The first-order chi connectivity index (χ1) is 15.0. The Kier molecular flexibility index (Phi) is 6.93. The van der Waals surface area contributed by atoms with Gasteiger partial charge < -0.3 is 4.74 Å². The largest absolute Gasteiger partial charge is 0.489 e. The fourth-order valence-electron chi connectivity index (χ4n) is 6.02. The summed E-state index contributed by atoms with van der Waals surface area (Å²) in [7, 11) is 0. The minimum Gasteiger partial charge on any atom is -0.489 e. The quantitative estimate of drug-likeness (QED) is 0.401. The highest BCUT2D eigenvalue weighted by atomic mass is 19.1. The van der Waals surface area contributed by atoms with Crippen LogP contribution < -0.4 is 4.74 Å². The molecule has 4 rings (SSSR count). The number of ether oxygens (including phenoxy) is 1. The van der Waals surface area contributed by atoms with Crippen molar-refractivity contribution in [3.05, 3.63) is 53.9 Å². The van der Waals surface area contributed by atoms with Crippen LogP contribution >= 0.6 is 0 Å². The van der Waals surface area contributed by atoms with Crippen molar-refractivity contribution in [1.82, 2.24) is 0 Å². The molecule has 4 heteroatoms. The van der Waals surface area contributed by atoms with Gasteiger partial charge in [-0.3, -0.25) is 0 Å². The lowest BCUT2D eigenvalue weighted by Gasteiger charge is -2.42. The van der Waals surface area contributed by atoms with E-state index in [0.29, 0.717) is 11.8 Å². The van der Waals surface area contributed by atoms with Crippen LogP contribution in [-0.4, -0.2) is 6.61 Å². The second kappa shape index (κ2) is 9.67. The Morgan fingerprint density at radius 3 is 2.55 bits per heavy atom. The van der Waals surface area contributed by atoms with E-state index in [2.05, 4.69) is 13.5 Å². The highest BCUT2D eigenvalue weighted by Crippen LogP contribution is 2.49. The van der Waals surface area contributed by atoms with Crippen molar-refractivity contribution in [1.29, 1.82) is 0 Å². The minimum atomic E-state index is -0.733. The first-order valence-corrected chi connectivity index (χ1v) is 11.9. The molecule has 0 aliphatic heterocycles. The highest BCUT2D eigenvalue weighted by molar-refractivity contribution is 5.86. The third-order valence-electron chi connectivity index (χ3n) is 7.55. The van der Waals surface area contributed by atoms with Crippen LogP contribution in [0.5, 0.6) is 5.75 Å². The predicted molar refractivity (Wildman–Crippen MR) is 120 cm³/mol. The second-order valence-electron chi connectivity index (χ2n) is 9.54. The molecule has 2 aliphatic carbocycles. The maximum absolute atomic E-state index is 15.4. The zero-order chi connectivity index (χ0) is 22.0.